The van der Waals surface area contributed by atoms with Gasteiger partial charge in [-0.1, -0.05) is 15.9 Å². The second-order valence-corrected chi connectivity index (χ2v) is 5.34. The second-order valence-electron chi connectivity index (χ2n) is 4.55. The number of halogens is 1. The van der Waals surface area contributed by atoms with Gasteiger partial charge in [0.2, 0.25) is 0 Å². The zero-order chi connectivity index (χ0) is 14.9. The molecule has 0 aliphatic carbocycles. The second kappa shape index (κ2) is 5.50. The van der Waals surface area contributed by atoms with Crippen LogP contribution in [0.4, 0.5) is 17.2 Å². The summed E-state index contributed by atoms with van der Waals surface area (Å²) in [6.07, 6.45) is 0. The van der Waals surface area contributed by atoms with Gasteiger partial charge in [0, 0.05) is 10.2 Å². The molecule has 0 unspecified atom stereocenters. The Morgan fingerprint density at radius 3 is 2.40 bits per heavy atom. The maximum Gasteiger partial charge on any atom is 0.267 e. The van der Waals surface area contributed by atoms with Gasteiger partial charge in [-0.05, 0) is 49.2 Å². The Morgan fingerprint density at radius 1 is 1.25 bits per heavy atom. The number of anilines is 3. The minimum absolute atomic E-state index is 0.173. The topological polar surface area (TPSA) is 94.0 Å². The van der Waals surface area contributed by atoms with E-state index in [0.717, 1.165) is 21.3 Å². The van der Waals surface area contributed by atoms with Gasteiger partial charge in [0.1, 0.15) is 5.69 Å². The van der Waals surface area contributed by atoms with Gasteiger partial charge in [0.15, 0.2) is 5.82 Å². The van der Waals surface area contributed by atoms with Crippen LogP contribution in [0.15, 0.2) is 28.7 Å². The molecule has 6 heteroatoms. The highest BCUT2D eigenvalue weighted by Gasteiger charge is 2.09. The average Bonchev–Trinajstić information content (AvgIpc) is 2.38. The highest BCUT2D eigenvalue weighted by atomic mass is 79.9. The van der Waals surface area contributed by atoms with E-state index in [0.29, 0.717) is 11.5 Å². The normalized spacial score (nSPS) is 10.3. The van der Waals surface area contributed by atoms with Crippen molar-refractivity contribution < 1.29 is 4.79 Å². The van der Waals surface area contributed by atoms with Crippen molar-refractivity contribution in [3.8, 4) is 0 Å². The maximum absolute atomic E-state index is 11.2. The van der Waals surface area contributed by atoms with Crippen molar-refractivity contribution in [3.63, 3.8) is 0 Å². The van der Waals surface area contributed by atoms with Gasteiger partial charge in [-0.2, -0.15) is 0 Å². The van der Waals surface area contributed by atoms with Gasteiger partial charge in [-0.3, -0.25) is 4.79 Å². The van der Waals surface area contributed by atoms with Crippen LogP contribution >= 0.6 is 15.9 Å². The summed E-state index contributed by atoms with van der Waals surface area (Å²) in [6.45, 7) is 4.00. The lowest BCUT2D eigenvalue weighted by atomic mass is 10.1. The molecule has 1 amide bonds. The highest BCUT2D eigenvalue weighted by Crippen LogP contribution is 2.28. The van der Waals surface area contributed by atoms with Gasteiger partial charge in [0.25, 0.3) is 5.91 Å². The number of aryl methyl sites for hydroxylation is 2. The summed E-state index contributed by atoms with van der Waals surface area (Å²) in [5, 5.41) is 3.11. The molecule has 0 fully saturated rings. The average molecular weight is 335 g/mol. The van der Waals surface area contributed by atoms with Crippen LogP contribution < -0.4 is 16.8 Å². The first-order valence-corrected chi connectivity index (χ1v) is 6.78. The van der Waals surface area contributed by atoms with Crippen molar-refractivity contribution in [2.24, 2.45) is 5.73 Å². The minimum atomic E-state index is -0.587. The number of hydrogen-bond acceptors (Lipinski definition) is 4. The predicted molar refractivity (Wildman–Crippen MR) is 84.1 cm³/mol. The number of rotatable bonds is 3. The molecule has 1 heterocycles. The van der Waals surface area contributed by atoms with E-state index in [9.17, 15) is 4.79 Å². The van der Waals surface area contributed by atoms with Crippen molar-refractivity contribution in [2.75, 3.05) is 11.1 Å². The summed E-state index contributed by atoms with van der Waals surface area (Å²) >= 11 is 3.51. The fraction of sp³-hybridized carbons (Fsp3) is 0.143. The summed E-state index contributed by atoms with van der Waals surface area (Å²) in [7, 11) is 0. The number of amides is 1. The number of aromatic nitrogens is 1. The van der Waals surface area contributed by atoms with Gasteiger partial charge in [0.05, 0.1) is 5.69 Å². The Morgan fingerprint density at radius 2 is 1.85 bits per heavy atom. The van der Waals surface area contributed by atoms with Crippen LogP contribution in [0, 0.1) is 13.8 Å². The molecule has 0 atom stereocenters. The number of hydrogen-bond donors (Lipinski definition) is 3. The number of carbonyl (C=O) groups is 1. The number of pyridine rings is 1. The first-order valence-electron chi connectivity index (χ1n) is 5.98. The molecule has 104 valence electrons. The molecule has 2 rings (SSSR count). The van der Waals surface area contributed by atoms with Crippen molar-refractivity contribution in [1.82, 2.24) is 4.98 Å². The molecule has 5 N–H and O–H groups in total. The van der Waals surface area contributed by atoms with Crippen LogP contribution in [0.2, 0.25) is 0 Å². The third-order valence-corrected chi connectivity index (χ3v) is 4.13. The van der Waals surface area contributed by atoms with E-state index in [-0.39, 0.29) is 5.69 Å². The molecule has 0 saturated heterocycles. The maximum atomic E-state index is 11.2. The number of nitrogens with one attached hydrogen (secondary N) is 1. The Kier molecular flexibility index (Phi) is 3.94. The molecule has 0 aliphatic rings. The van der Waals surface area contributed by atoms with Crippen LogP contribution in [0.5, 0.6) is 0 Å². The molecule has 0 radical (unpaired) electrons. The number of nitrogens with zero attached hydrogens (tertiary/aromatic N) is 1. The first-order chi connectivity index (χ1) is 9.38. The summed E-state index contributed by atoms with van der Waals surface area (Å²) in [6, 6.07) is 7.04. The van der Waals surface area contributed by atoms with Crippen LogP contribution in [0.3, 0.4) is 0 Å². The Balaban J connectivity index is 2.39. The molecule has 0 aliphatic heterocycles. The molecular weight excluding hydrogens is 320 g/mol. The number of nitrogen functional groups attached to an aromatic ring is 1. The van der Waals surface area contributed by atoms with E-state index >= 15 is 0 Å². The van der Waals surface area contributed by atoms with Crippen LogP contribution in [-0.2, 0) is 0 Å². The van der Waals surface area contributed by atoms with E-state index in [4.69, 9.17) is 11.5 Å². The largest absolute Gasteiger partial charge is 0.396 e. The number of carbonyl (C=O) groups excluding carboxylic acids is 1. The summed E-state index contributed by atoms with van der Waals surface area (Å²) in [5.41, 5.74) is 14.7. The van der Waals surface area contributed by atoms with E-state index in [1.54, 1.807) is 6.07 Å². The van der Waals surface area contributed by atoms with Crippen LogP contribution in [-0.4, -0.2) is 10.9 Å². The lowest BCUT2D eigenvalue weighted by Crippen LogP contribution is -2.14. The zero-order valence-electron chi connectivity index (χ0n) is 11.2. The fourth-order valence-corrected chi connectivity index (χ4v) is 2.09. The number of benzene rings is 1. The fourth-order valence-electron chi connectivity index (χ4n) is 1.86. The molecule has 0 bridgehead atoms. The molecule has 0 saturated carbocycles. The van der Waals surface area contributed by atoms with Crippen molar-refractivity contribution in [2.45, 2.75) is 13.8 Å². The molecule has 1 aromatic heterocycles. The quantitative estimate of drug-likeness (QED) is 0.804. The zero-order valence-corrected chi connectivity index (χ0v) is 12.8. The molecule has 5 nitrogen and oxygen atoms in total. The van der Waals surface area contributed by atoms with Gasteiger partial charge < -0.3 is 16.8 Å². The van der Waals surface area contributed by atoms with E-state index in [1.807, 2.05) is 26.0 Å². The Bertz CT molecular complexity index is 662. The first kappa shape index (κ1) is 14.3. The van der Waals surface area contributed by atoms with Crippen LogP contribution in [0.1, 0.15) is 21.6 Å². The van der Waals surface area contributed by atoms with Crippen molar-refractivity contribution in [3.05, 3.63) is 45.6 Å². The van der Waals surface area contributed by atoms with Gasteiger partial charge in [-0.15, -0.1) is 0 Å². The van der Waals surface area contributed by atoms with E-state index < -0.39 is 5.91 Å². The SMILES string of the molecule is Cc1cc(Nc2nc(C(N)=O)ccc2N)cc(C)c1Br. The minimum Gasteiger partial charge on any atom is -0.396 e. The summed E-state index contributed by atoms with van der Waals surface area (Å²) in [4.78, 5) is 15.3. The molecule has 0 spiro atoms. The molecular formula is C14H15BrN4O. The smallest absolute Gasteiger partial charge is 0.267 e. The number of nitrogens with two attached hydrogens (primary N) is 2. The number of primary amides is 1. The summed E-state index contributed by atoms with van der Waals surface area (Å²) < 4.78 is 1.06. The van der Waals surface area contributed by atoms with Gasteiger partial charge in [-0.25, -0.2) is 4.98 Å². The van der Waals surface area contributed by atoms with Crippen molar-refractivity contribution in [1.29, 1.82) is 0 Å². The predicted octanol–water partition coefficient (Wildman–Crippen LogP) is 2.89. The molecule has 20 heavy (non-hydrogen) atoms. The van der Waals surface area contributed by atoms with Gasteiger partial charge >= 0.3 is 0 Å². The molecule has 2 aromatic rings. The lowest BCUT2D eigenvalue weighted by Gasteiger charge is -2.12. The highest BCUT2D eigenvalue weighted by molar-refractivity contribution is 9.10. The van der Waals surface area contributed by atoms with Crippen LogP contribution in [0.25, 0.3) is 0 Å². The lowest BCUT2D eigenvalue weighted by molar-refractivity contribution is 0.0996. The standard InChI is InChI=1S/C14H15BrN4O/c1-7-5-9(6-8(2)12(7)15)18-14-10(16)3-4-11(19-14)13(17)20/h3-6H,16H2,1-2H3,(H2,17,20)(H,18,19). The third-order valence-electron chi connectivity index (χ3n) is 2.88. The third kappa shape index (κ3) is 2.91. The summed E-state index contributed by atoms with van der Waals surface area (Å²) in [5.74, 6) is -0.168. The Hall–Kier alpha value is -2.08. The molecule has 1 aromatic carbocycles. The van der Waals surface area contributed by atoms with E-state index in [1.165, 1.54) is 6.07 Å². The Labute approximate surface area is 125 Å². The monoisotopic (exact) mass is 334 g/mol. The van der Waals surface area contributed by atoms with Crippen molar-refractivity contribution >= 4 is 39.0 Å². The van der Waals surface area contributed by atoms with E-state index in [2.05, 4.69) is 26.2 Å².